The van der Waals surface area contributed by atoms with Gasteiger partial charge in [0.1, 0.15) is 0 Å². The molecule has 1 aromatic carbocycles. The van der Waals surface area contributed by atoms with Gasteiger partial charge in [0.15, 0.2) is 5.78 Å². The monoisotopic (exact) mass is 299 g/mol. The highest BCUT2D eigenvalue weighted by molar-refractivity contribution is 6.30. The van der Waals surface area contributed by atoms with Gasteiger partial charge < -0.3 is 15.5 Å². The molecule has 6 heteroatoms. The SMILES string of the molecule is CCC(CO)NC(CC(=O)O)C(=O)c1ccc(Cl)cc1. The van der Waals surface area contributed by atoms with Crippen molar-refractivity contribution in [2.75, 3.05) is 6.61 Å². The maximum Gasteiger partial charge on any atom is 0.305 e. The van der Waals surface area contributed by atoms with Crippen molar-refractivity contribution in [3.05, 3.63) is 34.9 Å². The average Bonchev–Trinajstić information content (AvgIpc) is 2.43. The number of hydrogen-bond acceptors (Lipinski definition) is 4. The summed E-state index contributed by atoms with van der Waals surface area (Å²) in [5.74, 6) is -1.39. The molecule has 1 rings (SSSR count). The zero-order chi connectivity index (χ0) is 15.1. The molecule has 2 unspecified atom stereocenters. The van der Waals surface area contributed by atoms with Crippen LogP contribution in [-0.4, -0.2) is 40.7 Å². The molecule has 0 saturated carbocycles. The molecule has 110 valence electrons. The van der Waals surface area contributed by atoms with E-state index in [-0.39, 0.29) is 24.9 Å². The van der Waals surface area contributed by atoms with Crippen LogP contribution in [0.4, 0.5) is 0 Å². The third kappa shape index (κ3) is 4.92. The third-order valence-electron chi connectivity index (χ3n) is 2.97. The molecule has 5 nitrogen and oxygen atoms in total. The fourth-order valence-corrected chi connectivity index (χ4v) is 1.93. The van der Waals surface area contributed by atoms with Crippen LogP contribution < -0.4 is 5.32 Å². The lowest BCUT2D eigenvalue weighted by atomic mass is 10.0. The Kier molecular flexibility index (Phi) is 6.64. The number of carbonyl (C=O) groups is 2. The van der Waals surface area contributed by atoms with Crippen molar-refractivity contribution in [3.8, 4) is 0 Å². The van der Waals surface area contributed by atoms with E-state index in [1.807, 2.05) is 6.92 Å². The van der Waals surface area contributed by atoms with E-state index in [0.29, 0.717) is 17.0 Å². The molecule has 0 radical (unpaired) electrons. The lowest BCUT2D eigenvalue weighted by molar-refractivity contribution is -0.137. The molecule has 2 atom stereocenters. The van der Waals surface area contributed by atoms with Crippen LogP contribution in [0.2, 0.25) is 5.02 Å². The summed E-state index contributed by atoms with van der Waals surface area (Å²) in [6.45, 7) is 1.69. The van der Waals surface area contributed by atoms with Gasteiger partial charge in [-0.2, -0.15) is 0 Å². The van der Waals surface area contributed by atoms with E-state index < -0.39 is 12.0 Å². The first-order chi connectivity index (χ1) is 9.47. The van der Waals surface area contributed by atoms with Gasteiger partial charge in [-0.05, 0) is 30.7 Å². The standard InChI is InChI=1S/C14H18ClNO4/c1-2-11(8-17)16-12(7-13(18)19)14(20)9-3-5-10(15)6-4-9/h3-6,11-12,16-17H,2,7-8H2,1H3,(H,18,19). The topological polar surface area (TPSA) is 86.6 Å². The van der Waals surface area contributed by atoms with Gasteiger partial charge in [0, 0.05) is 16.6 Å². The first-order valence-corrected chi connectivity index (χ1v) is 6.74. The highest BCUT2D eigenvalue weighted by Gasteiger charge is 2.24. The number of hydrogen-bond donors (Lipinski definition) is 3. The molecule has 1 aromatic rings. The first-order valence-electron chi connectivity index (χ1n) is 6.36. The summed E-state index contributed by atoms with van der Waals surface area (Å²) in [6.07, 6.45) is 0.262. The van der Waals surface area contributed by atoms with Crippen molar-refractivity contribution in [1.29, 1.82) is 0 Å². The summed E-state index contributed by atoms with van der Waals surface area (Å²) in [5.41, 5.74) is 0.390. The molecule has 0 saturated heterocycles. The predicted octanol–water partition coefficient (Wildman–Crippen LogP) is 1.73. The zero-order valence-electron chi connectivity index (χ0n) is 11.2. The molecule has 0 fully saturated rings. The van der Waals surface area contributed by atoms with E-state index in [1.54, 1.807) is 24.3 Å². The number of benzene rings is 1. The van der Waals surface area contributed by atoms with E-state index in [2.05, 4.69) is 5.32 Å². The van der Waals surface area contributed by atoms with Gasteiger partial charge in [-0.25, -0.2) is 0 Å². The molecule has 0 aliphatic rings. The van der Waals surface area contributed by atoms with Crippen LogP contribution in [0.15, 0.2) is 24.3 Å². The Morgan fingerprint density at radius 2 is 1.90 bits per heavy atom. The van der Waals surface area contributed by atoms with E-state index in [9.17, 15) is 9.59 Å². The van der Waals surface area contributed by atoms with Crippen molar-refractivity contribution in [2.24, 2.45) is 0 Å². The Balaban J connectivity index is 2.88. The van der Waals surface area contributed by atoms with Crippen molar-refractivity contribution in [3.63, 3.8) is 0 Å². The van der Waals surface area contributed by atoms with Crippen molar-refractivity contribution in [1.82, 2.24) is 5.32 Å². The molecule has 0 amide bonds. The van der Waals surface area contributed by atoms with Crippen LogP contribution in [-0.2, 0) is 4.79 Å². The molecule has 3 N–H and O–H groups in total. The Labute approximate surface area is 122 Å². The number of carbonyl (C=O) groups excluding carboxylic acids is 1. The molecule has 20 heavy (non-hydrogen) atoms. The van der Waals surface area contributed by atoms with Crippen LogP contribution in [0.3, 0.4) is 0 Å². The van der Waals surface area contributed by atoms with Crippen LogP contribution in [0.5, 0.6) is 0 Å². The largest absolute Gasteiger partial charge is 0.481 e. The molecule has 0 bridgehead atoms. The quantitative estimate of drug-likeness (QED) is 0.636. The maximum atomic E-state index is 12.3. The zero-order valence-corrected chi connectivity index (χ0v) is 11.9. The van der Waals surface area contributed by atoms with Crippen molar-refractivity contribution >= 4 is 23.4 Å². The number of aliphatic hydroxyl groups excluding tert-OH is 1. The Morgan fingerprint density at radius 1 is 1.30 bits per heavy atom. The highest BCUT2D eigenvalue weighted by Crippen LogP contribution is 2.13. The number of carboxylic acid groups (broad SMARTS) is 1. The number of carboxylic acids is 1. The summed E-state index contributed by atoms with van der Waals surface area (Å²) < 4.78 is 0. The third-order valence-corrected chi connectivity index (χ3v) is 3.23. The molecular weight excluding hydrogens is 282 g/mol. The van der Waals surface area contributed by atoms with Gasteiger partial charge in [0.2, 0.25) is 0 Å². The fourth-order valence-electron chi connectivity index (χ4n) is 1.80. The molecule has 0 aliphatic carbocycles. The molecular formula is C14H18ClNO4. The summed E-state index contributed by atoms with van der Waals surface area (Å²) in [6, 6.07) is 5.09. The number of nitrogens with one attached hydrogen (secondary N) is 1. The van der Waals surface area contributed by atoms with Crippen LogP contribution in [0.1, 0.15) is 30.1 Å². The van der Waals surface area contributed by atoms with Crippen molar-refractivity contribution < 1.29 is 19.8 Å². The Bertz CT molecular complexity index is 457. The second-order valence-corrected chi connectivity index (χ2v) is 4.91. The number of halogens is 1. The minimum Gasteiger partial charge on any atom is -0.481 e. The normalized spacial score (nSPS) is 13.8. The van der Waals surface area contributed by atoms with Gasteiger partial charge in [-0.1, -0.05) is 18.5 Å². The molecule has 0 heterocycles. The molecule has 0 aliphatic heterocycles. The number of aliphatic carboxylic acids is 1. The average molecular weight is 300 g/mol. The summed E-state index contributed by atoms with van der Waals surface area (Å²) in [5, 5.41) is 21.5. The van der Waals surface area contributed by atoms with E-state index in [4.69, 9.17) is 21.8 Å². The first kappa shape index (κ1) is 16.6. The lowest BCUT2D eigenvalue weighted by Gasteiger charge is -2.21. The summed E-state index contributed by atoms with van der Waals surface area (Å²) in [4.78, 5) is 23.2. The second-order valence-electron chi connectivity index (χ2n) is 4.48. The summed E-state index contributed by atoms with van der Waals surface area (Å²) >= 11 is 5.76. The van der Waals surface area contributed by atoms with Crippen LogP contribution in [0.25, 0.3) is 0 Å². The van der Waals surface area contributed by atoms with Gasteiger partial charge >= 0.3 is 5.97 Å². The summed E-state index contributed by atoms with van der Waals surface area (Å²) in [7, 11) is 0. The molecule has 0 spiro atoms. The minimum absolute atomic E-state index is 0.152. The number of aliphatic hydroxyl groups is 1. The Morgan fingerprint density at radius 3 is 2.35 bits per heavy atom. The Hall–Kier alpha value is -1.43. The second kappa shape index (κ2) is 7.99. The van der Waals surface area contributed by atoms with Crippen LogP contribution in [0, 0.1) is 0 Å². The highest BCUT2D eigenvalue weighted by atomic mass is 35.5. The number of Topliss-reactive ketones (excluding diaryl/α,β-unsaturated/α-hetero) is 1. The van der Waals surface area contributed by atoms with E-state index in [1.165, 1.54) is 0 Å². The van der Waals surface area contributed by atoms with E-state index in [0.717, 1.165) is 0 Å². The predicted molar refractivity (Wildman–Crippen MR) is 76.1 cm³/mol. The van der Waals surface area contributed by atoms with Crippen molar-refractivity contribution in [2.45, 2.75) is 31.8 Å². The van der Waals surface area contributed by atoms with Gasteiger partial charge in [-0.3, -0.25) is 9.59 Å². The fraction of sp³-hybridized carbons (Fsp3) is 0.429. The van der Waals surface area contributed by atoms with Gasteiger partial charge in [-0.15, -0.1) is 0 Å². The maximum absolute atomic E-state index is 12.3. The van der Waals surface area contributed by atoms with E-state index >= 15 is 0 Å². The smallest absolute Gasteiger partial charge is 0.305 e. The van der Waals surface area contributed by atoms with Crippen LogP contribution >= 0.6 is 11.6 Å². The van der Waals surface area contributed by atoms with Gasteiger partial charge in [0.25, 0.3) is 0 Å². The van der Waals surface area contributed by atoms with Gasteiger partial charge in [0.05, 0.1) is 19.1 Å². The number of ketones is 1. The minimum atomic E-state index is -1.07. The lowest BCUT2D eigenvalue weighted by Crippen LogP contribution is -2.46. The number of rotatable bonds is 8. The molecule has 0 aromatic heterocycles.